The highest BCUT2D eigenvalue weighted by Crippen LogP contribution is 2.17. The molecule has 0 aliphatic heterocycles. The number of rotatable bonds is 2. The van der Waals surface area contributed by atoms with Crippen LogP contribution >= 0.6 is 0 Å². The van der Waals surface area contributed by atoms with Crippen molar-refractivity contribution in [1.82, 2.24) is 0 Å². The molecule has 4 heteroatoms. The van der Waals surface area contributed by atoms with Gasteiger partial charge in [-0.25, -0.2) is 0 Å². The number of hydrogen-bond donors (Lipinski definition) is 3. The average molecular weight is 180 g/mol. The number of benzene rings is 1. The first-order chi connectivity index (χ1) is 5.91. The van der Waals surface area contributed by atoms with E-state index in [-0.39, 0.29) is 0 Å². The van der Waals surface area contributed by atoms with Crippen LogP contribution in [0.5, 0.6) is 0 Å². The molecular formula is C9H13BO3. The Morgan fingerprint density at radius 3 is 1.85 bits per heavy atom. The van der Waals surface area contributed by atoms with E-state index < -0.39 is 12.7 Å². The quantitative estimate of drug-likeness (QED) is 0.542. The third kappa shape index (κ3) is 2.55. The third-order valence-corrected chi connectivity index (χ3v) is 1.92. The Morgan fingerprint density at radius 2 is 1.54 bits per heavy atom. The summed E-state index contributed by atoms with van der Waals surface area (Å²) in [5, 5.41) is 27.2. The van der Waals surface area contributed by atoms with Gasteiger partial charge in [0, 0.05) is 0 Å². The standard InChI is InChI=1S/C9H13BO3/c1-9(2,11)7-3-5-8(6-4-7)10(12)13/h3-6,11-13H,1-2H3. The van der Waals surface area contributed by atoms with Crippen molar-refractivity contribution in [2.75, 3.05) is 0 Å². The van der Waals surface area contributed by atoms with Gasteiger partial charge in [-0.3, -0.25) is 0 Å². The Hall–Kier alpha value is -0.835. The van der Waals surface area contributed by atoms with Crippen molar-refractivity contribution in [1.29, 1.82) is 0 Å². The maximum absolute atomic E-state index is 9.59. The molecule has 1 aromatic carbocycles. The second-order valence-electron chi connectivity index (χ2n) is 3.55. The fraction of sp³-hybridized carbons (Fsp3) is 0.333. The van der Waals surface area contributed by atoms with E-state index in [1.807, 2.05) is 0 Å². The Morgan fingerprint density at radius 1 is 1.08 bits per heavy atom. The van der Waals surface area contributed by atoms with Crippen molar-refractivity contribution in [3.05, 3.63) is 29.8 Å². The second kappa shape index (κ2) is 3.50. The van der Waals surface area contributed by atoms with Gasteiger partial charge in [-0.2, -0.15) is 0 Å². The third-order valence-electron chi connectivity index (χ3n) is 1.92. The van der Waals surface area contributed by atoms with E-state index in [0.29, 0.717) is 5.46 Å². The molecule has 3 N–H and O–H groups in total. The van der Waals surface area contributed by atoms with Gasteiger partial charge >= 0.3 is 7.12 Å². The molecule has 3 nitrogen and oxygen atoms in total. The van der Waals surface area contributed by atoms with Gasteiger partial charge in [-0.15, -0.1) is 0 Å². The number of aliphatic hydroxyl groups is 1. The van der Waals surface area contributed by atoms with Gasteiger partial charge < -0.3 is 15.2 Å². The highest BCUT2D eigenvalue weighted by molar-refractivity contribution is 6.58. The van der Waals surface area contributed by atoms with Crippen molar-refractivity contribution in [2.45, 2.75) is 19.4 Å². The summed E-state index contributed by atoms with van der Waals surface area (Å²) in [6.07, 6.45) is 0. The van der Waals surface area contributed by atoms with Crippen molar-refractivity contribution in [3.8, 4) is 0 Å². The summed E-state index contributed by atoms with van der Waals surface area (Å²) in [4.78, 5) is 0. The molecule has 0 atom stereocenters. The summed E-state index contributed by atoms with van der Waals surface area (Å²) in [7, 11) is -1.45. The average Bonchev–Trinajstić information content (AvgIpc) is 2.03. The molecule has 0 saturated carbocycles. The SMILES string of the molecule is CC(C)(O)c1ccc(B(O)O)cc1. The molecule has 13 heavy (non-hydrogen) atoms. The maximum atomic E-state index is 9.59. The fourth-order valence-electron chi connectivity index (χ4n) is 1.06. The van der Waals surface area contributed by atoms with Gasteiger partial charge in [0.2, 0.25) is 0 Å². The van der Waals surface area contributed by atoms with E-state index in [0.717, 1.165) is 5.56 Å². The Kier molecular flexibility index (Phi) is 2.76. The Labute approximate surface area is 77.8 Å². The minimum atomic E-state index is -1.45. The van der Waals surface area contributed by atoms with Crippen LogP contribution in [0.4, 0.5) is 0 Å². The lowest BCUT2D eigenvalue weighted by Crippen LogP contribution is -2.30. The topological polar surface area (TPSA) is 60.7 Å². The monoisotopic (exact) mass is 180 g/mol. The van der Waals surface area contributed by atoms with Crippen molar-refractivity contribution >= 4 is 12.6 Å². The molecule has 70 valence electrons. The molecule has 0 unspecified atom stereocenters. The molecule has 0 heterocycles. The van der Waals surface area contributed by atoms with Crippen LogP contribution in [0.25, 0.3) is 0 Å². The first kappa shape index (κ1) is 10.2. The second-order valence-corrected chi connectivity index (χ2v) is 3.55. The van der Waals surface area contributed by atoms with Crippen molar-refractivity contribution < 1.29 is 15.2 Å². The van der Waals surface area contributed by atoms with Crippen LogP contribution < -0.4 is 5.46 Å². The lowest BCUT2D eigenvalue weighted by molar-refractivity contribution is 0.0786. The summed E-state index contributed by atoms with van der Waals surface area (Å²) in [6.45, 7) is 3.36. The van der Waals surface area contributed by atoms with Gasteiger partial charge in [0.15, 0.2) is 0 Å². The van der Waals surface area contributed by atoms with Crippen LogP contribution in [0.1, 0.15) is 19.4 Å². The first-order valence-corrected chi connectivity index (χ1v) is 4.10. The largest absolute Gasteiger partial charge is 0.488 e. The molecule has 1 rings (SSSR count). The summed E-state index contributed by atoms with van der Waals surface area (Å²) >= 11 is 0. The minimum absolute atomic E-state index is 0.424. The van der Waals surface area contributed by atoms with Crippen LogP contribution in [0, 0.1) is 0 Å². The fourth-order valence-corrected chi connectivity index (χ4v) is 1.06. The van der Waals surface area contributed by atoms with Crippen LogP contribution in [-0.2, 0) is 5.60 Å². The first-order valence-electron chi connectivity index (χ1n) is 4.10. The lowest BCUT2D eigenvalue weighted by atomic mass is 9.79. The summed E-state index contributed by atoms with van der Waals surface area (Å²) in [6, 6.07) is 6.51. The molecule has 1 aromatic rings. The molecule has 0 aliphatic rings. The van der Waals surface area contributed by atoms with Crippen LogP contribution in [0.3, 0.4) is 0 Å². The zero-order chi connectivity index (χ0) is 10.1. The van der Waals surface area contributed by atoms with Gasteiger partial charge in [0.05, 0.1) is 5.60 Å². The normalized spacial score (nSPS) is 11.5. The zero-order valence-electron chi connectivity index (χ0n) is 7.73. The smallest absolute Gasteiger partial charge is 0.423 e. The minimum Gasteiger partial charge on any atom is -0.423 e. The lowest BCUT2D eigenvalue weighted by Gasteiger charge is -2.17. The maximum Gasteiger partial charge on any atom is 0.488 e. The predicted octanol–water partition coefficient (Wildman–Crippen LogP) is -0.406. The van der Waals surface area contributed by atoms with E-state index in [4.69, 9.17) is 10.0 Å². The Bertz CT molecular complexity index is 274. The van der Waals surface area contributed by atoms with E-state index in [1.165, 1.54) is 0 Å². The van der Waals surface area contributed by atoms with Gasteiger partial charge in [0.25, 0.3) is 0 Å². The molecule has 0 fully saturated rings. The molecular weight excluding hydrogens is 167 g/mol. The van der Waals surface area contributed by atoms with Crippen molar-refractivity contribution in [3.63, 3.8) is 0 Å². The van der Waals surface area contributed by atoms with E-state index in [2.05, 4.69) is 0 Å². The molecule has 0 bridgehead atoms. The highest BCUT2D eigenvalue weighted by atomic mass is 16.4. The van der Waals surface area contributed by atoms with E-state index in [1.54, 1.807) is 38.1 Å². The molecule has 0 spiro atoms. The van der Waals surface area contributed by atoms with Crippen LogP contribution in [0.15, 0.2) is 24.3 Å². The summed E-state index contributed by atoms with van der Waals surface area (Å²) < 4.78 is 0. The van der Waals surface area contributed by atoms with E-state index >= 15 is 0 Å². The predicted molar refractivity (Wildman–Crippen MR) is 51.5 cm³/mol. The highest BCUT2D eigenvalue weighted by Gasteiger charge is 2.17. The molecule has 0 amide bonds. The van der Waals surface area contributed by atoms with E-state index in [9.17, 15) is 5.11 Å². The van der Waals surface area contributed by atoms with Crippen molar-refractivity contribution in [2.24, 2.45) is 0 Å². The van der Waals surface area contributed by atoms with Gasteiger partial charge in [-0.05, 0) is 24.9 Å². The summed E-state index contributed by atoms with van der Waals surface area (Å²) in [5.74, 6) is 0. The van der Waals surface area contributed by atoms with Crippen LogP contribution in [0.2, 0.25) is 0 Å². The molecule has 0 saturated heterocycles. The summed E-state index contributed by atoms with van der Waals surface area (Å²) in [5.41, 5.74) is 0.281. The van der Waals surface area contributed by atoms with Gasteiger partial charge in [-0.1, -0.05) is 24.3 Å². The zero-order valence-corrected chi connectivity index (χ0v) is 7.73. The van der Waals surface area contributed by atoms with Gasteiger partial charge in [0.1, 0.15) is 0 Å². The molecule has 0 aliphatic carbocycles. The molecule has 0 aromatic heterocycles. The Balaban J connectivity index is 2.94. The molecule has 0 radical (unpaired) electrons. The number of hydrogen-bond acceptors (Lipinski definition) is 3. The van der Waals surface area contributed by atoms with Crippen LogP contribution in [-0.4, -0.2) is 22.3 Å².